The summed E-state index contributed by atoms with van der Waals surface area (Å²) in [6.45, 7) is 6.82. The normalized spacial score (nSPS) is 35.0. The van der Waals surface area contributed by atoms with Crippen LogP contribution in [0.5, 0.6) is 0 Å². The molecule has 0 aliphatic carbocycles. The molecule has 2 fully saturated rings. The summed E-state index contributed by atoms with van der Waals surface area (Å²) in [6.07, 6.45) is 4.32. The summed E-state index contributed by atoms with van der Waals surface area (Å²) in [7, 11) is 0. The van der Waals surface area contributed by atoms with Crippen LogP contribution in [0.2, 0.25) is 0 Å². The Labute approximate surface area is 74.7 Å². The third-order valence-electron chi connectivity index (χ3n) is 3.02. The van der Waals surface area contributed by atoms with E-state index >= 15 is 0 Å². The zero-order valence-electron chi connectivity index (χ0n) is 8.10. The van der Waals surface area contributed by atoms with Gasteiger partial charge >= 0.3 is 0 Å². The van der Waals surface area contributed by atoms with Crippen LogP contribution in [0.3, 0.4) is 0 Å². The van der Waals surface area contributed by atoms with Gasteiger partial charge in [0.25, 0.3) is 0 Å². The first-order chi connectivity index (χ1) is 5.66. The van der Waals surface area contributed by atoms with E-state index in [-0.39, 0.29) is 5.60 Å². The molecule has 0 radical (unpaired) electrons. The number of hydrogen-bond donors (Lipinski definition) is 1. The summed E-state index contributed by atoms with van der Waals surface area (Å²) in [5.41, 5.74) is 0.155. The molecule has 0 aromatic carbocycles. The monoisotopic (exact) mass is 169 g/mol. The van der Waals surface area contributed by atoms with Gasteiger partial charge < -0.3 is 10.1 Å². The molecule has 0 bridgehead atoms. The van der Waals surface area contributed by atoms with E-state index in [0.29, 0.717) is 6.10 Å². The van der Waals surface area contributed by atoms with Gasteiger partial charge in [-0.25, -0.2) is 0 Å². The maximum atomic E-state index is 5.93. The highest BCUT2D eigenvalue weighted by atomic mass is 16.5. The molecule has 0 saturated carbocycles. The average molecular weight is 169 g/mol. The van der Waals surface area contributed by atoms with Crippen LogP contribution in [-0.4, -0.2) is 24.8 Å². The van der Waals surface area contributed by atoms with Crippen LogP contribution < -0.4 is 5.32 Å². The molecule has 12 heavy (non-hydrogen) atoms. The van der Waals surface area contributed by atoms with Crippen molar-refractivity contribution in [2.45, 2.75) is 44.8 Å². The topological polar surface area (TPSA) is 21.3 Å². The Balaban J connectivity index is 1.75. The molecule has 0 amide bonds. The van der Waals surface area contributed by atoms with Crippen molar-refractivity contribution in [3.63, 3.8) is 0 Å². The fourth-order valence-corrected chi connectivity index (χ4v) is 2.13. The van der Waals surface area contributed by atoms with Gasteiger partial charge in [-0.2, -0.15) is 0 Å². The Kier molecular flexibility index (Phi) is 2.13. The molecule has 0 aromatic rings. The van der Waals surface area contributed by atoms with Gasteiger partial charge in [0.15, 0.2) is 0 Å². The first-order valence-electron chi connectivity index (χ1n) is 5.04. The van der Waals surface area contributed by atoms with Crippen LogP contribution in [0, 0.1) is 5.92 Å². The Morgan fingerprint density at radius 1 is 1.42 bits per heavy atom. The van der Waals surface area contributed by atoms with Gasteiger partial charge in [-0.1, -0.05) is 0 Å². The van der Waals surface area contributed by atoms with E-state index in [1.807, 2.05) is 0 Å². The van der Waals surface area contributed by atoms with Crippen LogP contribution in [0.1, 0.15) is 33.1 Å². The summed E-state index contributed by atoms with van der Waals surface area (Å²) in [4.78, 5) is 0. The van der Waals surface area contributed by atoms with E-state index in [0.717, 1.165) is 5.92 Å². The second-order valence-corrected chi connectivity index (χ2v) is 4.80. The molecule has 2 aliphatic rings. The van der Waals surface area contributed by atoms with E-state index in [4.69, 9.17) is 4.74 Å². The smallest absolute Gasteiger partial charge is 0.0631 e. The third-order valence-corrected chi connectivity index (χ3v) is 3.02. The Bertz CT molecular complexity index is 163. The van der Waals surface area contributed by atoms with Crippen molar-refractivity contribution in [3.8, 4) is 0 Å². The molecule has 2 heterocycles. The lowest BCUT2D eigenvalue weighted by Crippen LogP contribution is -2.43. The molecule has 2 saturated heterocycles. The first kappa shape index (κ1) is 8.52. The summed E-state index contributed by atoms with van der Waals surface area (Å²) < 4.78 is 5.93. The highest BCUT2D eigenvalue weighted by molar-refractivity contribution is 4.85. The molecule has 2 nitrogen and oxygen atoms in total. The fraction of sp³-hybridized carbons (Fsp3) is 1.00. The number of hydrogen-bond acceptors (Lipinski definition) is 2. The summed E-state index contributed by atoms with van der Waals surface area (Å²) in [5.74, 6) is 0.892. The minimum absolute atomic E-state index is 0.155. The van der Waals surface area contributed by atoms with Gasteiger partial charge in [-0.15, -0.1) is 0 Å². The highest BCUT2D eigenvalue weighted by Gasteiger charge is 2.33. The highest BCUT2D eigenvalue weighted by Crippen LogP contribution is 2.32. The third kappa shape index (κ3) is 1.80. The standard InChI is InChI=1S/C10H19NO/c1-10(2)4-3-9(12-10)5-8-6-11-7-8/h8-9,11H,3-7H2,1-2H3. The van der Waals surface area contributed by atoms with Crippen molar-refractivity contribution in [1.82, 2.24) is 5.32 Å². The Morgan fingerprint density at radius 2 is 2.17 bits per heavy atom. The largest absolute Gasteiger partial charge is 0.372 e. The van der Waals surface area contributed by atoms with Crippen LogP contribution in [0.15, 0.2) is 0 Å². The number of ether oxygens (including phenoxy) is 1. The van der Waals surface area contributed by atoms with E-state index in [9.17, 15) is 0 Å². The van der Waals surface area contributed by atoms with Gasteiger partial charge in [0.1, 0.15) is 0 Å². The van der Waals surface area contributed by atoms with Gasteiger partial charge in [-0.05, 0) is 52.1 Å². The SMILES string of the molecule is CC1(C)CCC(CC2CNC2)O1. The van der Waals surface area contributed by atoms with Crippen LogP contribution >= 0.6 is 0 Å². The summed E-state index contributed by atoms with van der Waals surface area (Å²) in [6, 6.07) is 0. The zero-order valence-corrected chi connectivity index (χ0v) is 8.10. The minimum atomic E-state index is 0.155. The van der Waals surface area contributed by atoms with E-state index < -0.39 is 0 Å². The maximum Gasteiger partial charge on any atom is 0.0631 e. The lowest BCUT2D eigenvalue weighted by Gasteiger charge is -2.30. The molecular formula is C10H19NO. The van der Waals surface area contributed by atoms with Gasteiger partial charge in [-0.3, -0.25) is 0 Å². The Hall–Kier alpha value is -0.0800. The van der Waals surface area contributed by atoms with Crippen molar-refractivity contribution in [1.29, 1.82) is 0 Å². The molecular weight excluding hydrogens is 150 g/mol. The van der Waals surface area contributed by atoms with Crippen molar-refractivity contribution in [3.05, 3.63) is 0 Å². The van der Waals surface area contributed by atoms with Crippen molar-refractivity contribution in [2.24, 2.45) is 5.92 Å². The second kappa shape index (κ2) is 3.00. The Morgan fingerprint density at radius 3 is 2.58 bits per heavy atom. The molecule has 0 spiro atoms. The quantitative estimate of drug-likeness (QED) is 0.677. The number of nitrogens with one attached hydrogen (secondary N) is 1. The predicted molar refractivity (Wildman–Crippen MR) is 49.2 cm³/mol. The fourth-order valence-electron chi connectivity index (χ4n) is 2.13. The van der Waals surface area contributed by atoms with Gasteiger partial charge in [0.05, 0.1) is 11.7 Å². The van der Waals surface area contributed by atoms with Gasteiger partial charge in [0, 0.05) is 0 Å². The summed E-state index contributed by atoms with van der Waals surface area (Å²) >= 11 is 0. The van der Waals surface area contributed by atoms with Crippen molar-refractivity contribution < 1.29 is 4.74 Å². The molecule has 0 aromatic heterocycles. The second-order valence-electron chi connectivity index (χ2n) is 4.80. The van der Waals surface area contributed by atoms with Crippen LogP contribution in [-0.2, 0) is 4.74 Å². The molecule has 2 aliphatic heterocycles. The molecule has 2 rings (SSSR count). The van der Waals surface area contributed by atoms with Gasteiger partial charge in [0.2, 0.25) is 0 Å². The molecule has 2 heteroatoms. The predicted octanol–water partition coefficient (Wildman–Crippen LogP) is 1.55. The maximum absolute atomic E-state index is 5.93. The first-order valence-corrected chi connectivity index (χ1v) is 5.04. The van der Waals surface area contributed by atoms with E-state index in [1.165, 1.54) is 32.4 Å². The molecule has 1 unspecified atom stereocenters. The van der Waals surface area contributed by atoms with Crippen molar-refractivity contribution >= 4 is 0 Å². The molecule has 1 N–H and O–H groups in total. The summed E-state index contributed by atoms with van der Waals surface area (Å²) in [5, 5.41) is 3.30. The van der Waals surface area contributed by atoms with Crippen molar-refractivity contribution in [2.75, 3.05) is 13.1 Å². The lowest BCUT2D eigenvalue weighted by molar-refractivity contribution is -0.0274. The van der Waals surface area contributed by atoms with Crippen LogP contribution in [0.25, 0.3) is 0 Å². The number of rotatable bonds is 2. The molecule has 1 atom stereocenters. The van der Waals surface area contributed by atoms with Crippen LogP contribution in [0.4, 0.5) is 0 Å². The zero-order chi connectivity index (χ0) is 8.60. The molecule has 70 valence electrons. The van der Waals surface area contributed by atoms with E-state index in [1.54, 1.807) is 0 Å². The minimum Gasteiger partial charge on any atom is -0.372 e. The lowest BCUT2D eigenvalue weighted by atomic mass is 9.94. The average Bonchev–Trinajstić information content (AvgIpc) is 2.21. The van der Waals surface area contributed by atoms with E-state index in [2.05, 4.69) is 19.2 Å².